The summed E-state index contributed by atoms with van der Waals surface area (Å²) in [5, 5.41) is 2.34. The van der Waals surface area contributed by atoms with Crippen LogP contribution in [-0.4, -0.2) is 58.3 Å². The van der Waals surface area contributed by atoms with Crippen LogP contribution in [0.1, 0.15) is 74.4 Å². The molecule has 3 aliphatic heterocycles. The second-order valence-corrected chi connectivity index (χ2v) is 10.1. The fraction of sp³-hybridized carbons (Fsp3) is 0.583. The molecule has 0 radical (unpaired) electrons. The molecule has 4 rings (SSSR count). The van der Waals surface area contributed by atoms with Gasteiger partial charge in [0.1, 0.15) is 11.6 Å². The number of ether oxygens (including phenoxy) is 1. The van der Waals surface area contributed by atoms with Crippen LogP contribution in [-0.2, 0) is 20.9 Å². The monoisotopic (exact) mass is 441 g/mol. The van der Waals surface area contributed by atoms with E-state index in [2.05, 4.69) is 18.3 Å². The fourth-order valence-corrected chi connectivity index (χ4v) is 4.96. The summed E-state index contributed by atoms with van der Waals surface area (Å²) in [4.78, 5) is 52.4. The number of imide groups is 1. The molecule has 1 aromatic carbocycles. The number of piperidine rings is 2. The molecule has 0 bridgehead atoms. The van der Waals surface area contributed by atoms with Gasteiger partial charge in [-0.15, -0.1) is 0 Å². The first-order valence-electron chi connectivity index (χ1n) is 11.3. The van der Waals surface area contributed by atoms with E-state index in [1.165, 1.54) is 0 Å². The maximum absolute atomic E-state index is 12.9. The first kappa shape index (κ1) is 22.3. The molecule has 3 heterocycles. The van der Waals surface area contributed by atoms with Gasteiger partial charge in [-0.1, -0.05) is 19.1 Å². The van der Waals surface area contributed by atoms with Crippen molar-refractivity contribution >= 4 is 23.8 Å². The highest BCUT2D eigenvalue weighted by Crippen LogP contribution is 2.36. The summed E-state index contributed by atoms with van der Waals surface area (Å²) in [5.41, 5.74) is 2.17. The molecule has 3 unspecified atom stereocenters. The highest BCUT2D eigenvalue weighted by atomic mass is 16.6. The van der Waals surface area contributed by atoms with Crippen molar-refractivity contribution in [2.24, 2.45) is 5.92 Å². The summed E-state index contributed by atoms with van der Waals surface area (Å²) < 4.78 is 5.51. The normalized spacial score (nSPS) is 26.1. The van der Waals surface area contributed by atoms with Crippen molar-refractivity contribution in [3.63, 3.8) is 0 Å². The smallest absolute Gasteiger partial charge is 0.410 e. The van der Waals surface area contributed by atoms with Crippen LogP contribution < -0.4 is 5.32 Å². The molecular formula is C24H31N3O5. The maximum Gasteiger partial charge on any atom is 0.410 e. The fourth-order valence-electron chi connectivity index (χ4n) is 4.96. The van der Waals surface area contributed by atoms with Gasteiger partial charge in [-0.3, -0.25) is 19.7 Å². The molecule has 0 spiro atoms. The Hall–Kier alpha value is -2.90. The number of likely N-dealkylation sites (tertiary alicyclic amines) is 1. The maximum atomic E-state index is 12.9. The number of carbonyl (C=O) groups excluding carboxylic acids is 4. The number of benzene rings is 1. The third kappa shape index (κ3) is 4.36. The molecular weight excluding hydrogens is 410 g/mol. The van der Waals surface area contributed by atoms with E-state index in [4.69, 9.17) is 4.74 Å². The second kappa shape index (κ2) is 8.22. The van der Waals surface area contributed by atoms with Crippen molar-refractivity contribution in [1.82, 2.24) is 15.1 Å². The molecule has 4 amide bonds. The number of hydrogen-bond acceptors (Lipinski definition) is 5. The third-order valence-electron chi connectivity index (χ3n) is 6.53. The molecule has 0 aromatic heterocycles. The summed E-state index contributed by atoms with van der Waals surface area (Å²) in [7, 11) is 0. The molecule has 172 valence electrons. The summed E-state index contributed by atoms with van der Waals surface area (Å²) >= 11 is 0. The van der Waals surface area contributed by atoms with Crippen molar-refractivity contribution in [2.45, 2.75) is 71.1 Å². The minimum absolute atomic E-state index is 0.158. The predicted octanol–water partition coefficient (Wildman–Crippen LogP) is 2.81. The van der Waals surface area contributed by atoms with E-state index >= 15 is 0 Å². The number of nitrogens with one attached hydrogen (secondary N) is 1. The molecule has 8 nitrogen and oxygen atoms in total. The highest BCUT2D eigenvalue weighted by Gasteiger charge is 2.40. The van der Waals surface area contributed by atoms with E-state index in [9.17, 15) is 19.2 Å². The summed E-state index contributed by atoms with van der Waals surface area (Å²) in [6.07, 6.45) is 1.15. The van der Waals surface area contributed by atoms with Crippen molar-refractivity contribution in [3.05, 3.63) is 34.9 Å². The van der Waals surface area contributed by atoms with Crippen LogP contribution in [0, 0.1) is 5.92 Å². The van der Waals surface area contributed by atoms with Gasteiger partial charge in [-0.25, -0.2) is 4.79 Å². The third-order valence-corrected chi connectivity index (χ3v) is 6.53. The van der Waals surface area contributed by atoms with Gasteiger partial charge in [0, 0.05) is 31.6 Å². The van der Waals surface area contributed by atoms with Crippen LogP contribution >= 0.6 is 0 Å². The average molecular weight is 442 g/mol. The Bertz CT molecular complexity index is 967. The molecule has 3 atom stereocenters. The van der Waals surface area contributed by atoms with Crippen LogP contribution in [0.15, 0.2) is 18.2 Å². The molecule has 1 N–H and O–H groups in total. The van der Waals surface area contributed by atoms with Gasteiger partial charge in [0.15, 0.2) is 0 Å². The SMILES string of the molecule is CC1CN(C(=O)OC(C)(C)C)CCC1c1ccc2c(c1)CN(C1CCC(=O)NC1=O)C2=O. The van der Waals surface area contributed by atoms with Crippen LogP contribution in [0.5, 0.6) is 0 Å². The van der Waals surface area contributed by atoms with Gasteiger partial charge < -0.3 is 14.5 Å². The average Bonchev–Trinajstić information content (AvgIpc) is 3.02. The lowest BCUT2D eigenvalue weighted by atomic mass is 9.81. The standard InChI is InChI=1S/C24H31N3O5/c1-14-12-26(23(31)32-24(2,3)4)10-9-17(14)15-5-6-18-16(11-15)13-27(22(18)30)19-7-8-20(28)25-21(19)29/h5-6,11,14,17,19H,7-10,12-13H2,1-4H3,(H,25,28,29). The number of nitrogens with zero attached hydrogens (tertiary/aromatic N) is 2. The number of carbonyl (C=O) groups is 4. The zero-order chi connectivity index (χ0) is 23.2. The Kier molecular flexibility index (Phi) is 5.73. The number of amides is 4. The number of hydrogen-bond donors (Lipinski definition) is 1. The molecule has 0 saturated carbocycles. The summed E-state index contributed by atoms with van der Waals surface area (Å²) in [6.45, 7) is 9.36. The van der Waals surface area contributed by atoms with Crippen molar-refractivity contribution < 1.29 is 23.9 Å². The molecule has 3 aliphatic rings. The van der Waals surface area contributed by atoms with Gasteiger partial charge in [0.05, 0.1) is 0 Å². The topological polar surface area (TPSA) is 96.0 Å². The largest absolute Gasteiger partial charge is 0.444 e. The minimum Gasteiger partial charge on any atom is -0.444 e. The molecule has 8 heteroatoms. The van der Waals surface area contributed by atoms with Gasteiger partial charge in [0.2, 0.25) is 11.8 Å². The van der Waals surface area contributed by atoms with Crippen LogP contribution in [0.2, 0.25) is 0 Å². The Morgan fingerprint density at radius 1 is 1.16 bits per heavy atom. The molecule has 32 heavy (non-hydrogen) atoms. The lowest BCUT2D eigenvalue weighted by Crippen LogP contribution is -2.52. The highest BCUT2D eigenvalue weighted by molar-refractivity contribution is 6.05. The first-order valence-corrected chi connectivity index (χ1v) is 11.3. The predicted molar refractivity (Wildman–Crippen MR) is 117 cm³/mol. The Balaban J connectivity index is 1.45. The zero-order valence-corrected chi connectivity index (χ0v) is 19.1. The molecule has 2 saturated heterocycles. The zero-order valence-electron chi connectivity index (χ0n) is 19.1. The van der Waals surface area contributed by atoms with Gasteiger partial charge in [0.25, 0.3) is 5.91 Å². The van der Waals surface area contributed by atoms with E-state index in [-0.39, 0.29) is 36.2 Å². The Morgan fingerprint density at radius 2 is 1.91 bits per heavy atom. The number of fused-ring (bicyclic) bond motifs is 1. The van der Waals surface area contributed by atoms with Crippen LogP contribution in [0.4, 0.5) is 4.79 Å². The van der Waals surface area contributed by atoms with Crippen molar-refractivity contribution in [2.75, 3.05) is 13.1 Å². The quantitative estimate of drug-likeness (QED) is 0.712. The second-order valence-electron chi connectivity index (χ2n) is 10.1. The Labute approximate surface area is 188 Å². The molecule has 2 fully saturated rings. The van der Waals surface area contributed by atoms with Crippen molar-refractivity contribution in [3.8, 4) is 0 Å². The molecule has 1 aromatic rings. The van der Waals surface area contributed by atoms with E-state index in [1.54, 1.807) is 9.80 Å². The van der Waals surface area contributed by atoms with E-state index in [0.29, 0.717) is 31.6 Å². The van der Waals surface area contributed by atoms with E-state index in [1.807, 2.05) is 32.9 Å². The van der Waals surface area contributed by atoms with Crippen molar-refractivity contribution in [1.29, 1.82) is 0 Å². The number of rotatable bonds is 2. The molecule has 0 aliphatic carbocycles. The lowest BCUT2D eigenvalue weighted by Gasteiger charge is -2.38. The van der Waals surface area contributed by atoms with Gasteiger partial charge in [-0.2, -0.15) is 0 Å². The van der Waals surface area contributed by atoms with Gasteiger partial charge >= 0.3 is 6.09 Å². The van der Waals surface area contributed by atoms with E-state index < -0.39 is 17.6 Å². The van der Waals surface area contributed by atoms with E-state index in [0.717, 1.165) is 17.5 Å². The minimum atomic E-state index is -0.605. The van der Waals surface area contributed by atoms with Crippen LogP contribution in [0.3, 0.4) is 0 Å². The lowest BCUT2D eigenvalue weighted by molar-refractivity contribution is -0.136. The Morgan fingerprint density at radius 3 is 2.56 bits per heavy atom. The summed E-state index contributed by atoms with van der Waals surface area (Å²) in [5.74, 6) is -0.319. The van der Waals surface area contributed by atoms with Gasteiger partial charge in [-0.05, 0) is 62.6 Å². The summed E-state index contributed by atoms with van der Waals surface area (Å²) in [6, 6.07) is 5.32. The van der Waals surface area contributed by atoms with Crippen LogP contribution in [0.25, 0.3) is 0 Å². The first-order chi connectivity index (χ1) is 15.0.